The summed E-state index contributed by atoms with van der Waals surface area (Å²) in [5.74, 6) is -0.0593. The normalized spacial score (nSPS) is 10.2. The van der Waals surface area contributed by atoms with Crippen LogP contribution in [0.5, 0.6) is 5.75 Å². The highest BCUT2D eigenvalue weighted by atomic mass is 16.5. The van der Waals surface area contributed by atoms with Crippen molar-refractivity contribution in [3.8, 4) is 5.75 Å². The van der Waals surface area contributed by atoms with Crippen molar-refractivity contribution >= 4 is 5.97 Å². The van der Waals surface area contributed by atoms with Gasteiger partial charge in [-0.05, 0) is 35.4 Å². The lowest BCUT2D eigenvalue weighted by molar-refractivity contribution is 0.0697. The van der Waals surface area contributed by atoms with Gasteiger partial charge in [-0.1, -0.05) is 24.3 Å². The fraction of sp³-hybridized carbons (Fsp3) is 0.188. The SMILES string of the molecule is COc1cccc(CNCc2ccc(C(=O)O)cc2)c1. The smallest absolute Gasteiger partial charge is 0.335 e. The number of hydrogen-bond acceptors (Lipinski definition) is 3. The van der Waals surface area contributed by atoms with Gasteiger partial charge in [-0.2, -0.15) is 0 Å². The van der Waals surface area contributed by atoms with Crippen molar-refractivity contribution in [1.29, 1.82) is 0 Å². The van der Waals surface area contributed by atoms with Crippen molar-refractivity contribution in [2.24, 2.45) is 0 Å². The molecule has 20 heavy (non-hydrogen) atoms. The molecule has 0 atom stereocenters. The highest BCUT2D eigenvalue weighted by molar-refractivity contribution is 5.87. The number of aromatic carboxylic acids is 1. The minimum Gasteiger partial charge on any atom is -0.497 e. The summed E-state index contributed by atoms with van der Waals surface area (Å²) in [4.78, 5) is 10.7. The zero-order valence-electron chi connectivity index (χ0n) is 11.3. The quantitative estimate of drug-likeness (QED) is 0.848. The molecule has 2 aromatic carbocycles. The maximum absolute atomic E-state index is 10.7. The van der Waals surface area contributed by atoms with Crippen molar-refractivity contribution in [2.45, 2.75) is 13.1 Å². The van der Waals surface area contributed by atoms with Crippen LogP contribution in [-0.4, -0.2) is 18.2 Å². The maximum Gasteiger partial charge on any atom is 0.335 e. The van der Waals surface area contributed by atoms with Crippen LogP contribution in [-0.2, 0) is 13.1 Å². The molecule has 0 saturated carbocycles. The number of carboxylic acid groups (broad SMARTS) is 1. The van der Waals surface area contributed by atoms with E-state index in [9.17, 15) is 4.79 Å². The average Bonchev–Trinajstić information content (AvgIpc) is 2.48. The van der Waals surface area contributed by atoms with Gasteiger partial charge in [-0.3, -0.25) is 0 Å². The molecule has 0 amide bonds. The van der Waals surface area contributed by atoms with Gasteiger partial charge in [0, 0.05) is 13.1 Å². The van der Waals surface area contributed by atoms with E-state index in [0.29, 0.717) is 12.1 Å². The zero-order valence-corrected chi connectivity index (χ0v) is 11.3. The molecule has 4 heteroatoms. The molecule has 4 nitrogen and oxygen atoms in total. The Morgan fingerprint density at radius 3 is 2.45 bits per heavy atom. The molecule has 0 aliphatic rings. The molecule has 0 spiro atoms. The fourth-order valence-electron chi connectivity index (χ4n) is 1.90. The summed E-state index contributed by atoms with van der Waals surface area (Å²) < 4.78 is 5.17. The zero-order chi connectivity index (χ0) is 14.4. The van der Waals surface area contributed by atoms with Crippen LogP contribution in [0.15, 0.2) is 48.5 Å². The second kappa shape index (κ2) is 6.73. The Morgan fingerprint density at radius 2 is 1.80 bits per heavy atom. The molecule has 0 aromatic heterocycles. The van der Waals surface area contributed by atoms with Crippen LogP contribution in [0.2, 0.25) is 0 Å². The van der Waals surface area contributed by atoms with Gasteiger partial charge in [0.05, 0.1) is 12.7 Å². The second-order valence-corrected chi connectivity index (χ2v) is 4.46. The van der Waals surface area contributed by atoms with Gasteiger partial charge in [0.15, 0.2) is 0 Å². The number of nitrogens with one attached hydrogen (secondary N) is 1. The summed E-state index contributed by atoms with van der Waals surface area (Å²) in [6, 6.07) is 14.8. The van der Waals surface area contributed by atoms with Crippen LogP contribution in [0.3, 0.4) is 0 Å². The molecule has 0 saturated heterocycles. The van der Waals surface area contributed by atoms with Gasteiger partial charge in [0.1, 0.15) is 5.75 Å². The third-order valence-corrected chi connectivity index (χ3v) is 2.99. The van der Waals surface area contributed by atoms with E-state index < -0.39 is 5.97 Å². The number of rotatable bonds is 6. The van der Waals surface area contributed by atoms with Crippen molar-refractivity contribution in [1.82, 2.24) is 5.32 Å². The first kappa shape index (κ1) is 14.1. The van der Waals surface area contributed by atoms with E-state index in [1.54, 1.807) is 19.2 Å². The van der Waals surface area contributed by atoms with Crippen LogP contribution in [0.1, 0.15) is 21.5 Å². The lowest BCUT2D eigenvalue weighted by atomic mass is 10.1. The highest BCUT2D eigenvalue weighted by Gasteiger charge is 2.01. The first-order valence-electron chi connectivity index (χ1n) is 6.35. The highest BCUT2D eigenvalue weighted by Crippen LogP contribution is 2.12. The predicted molar refractivity (Wildman–Crippen MR) is 76.9 cm³/mol. The van der Waals surface area contributed by atoms with Gasteiger partial charge in [0.25, 0.3) is 0 Å². The van der Waals surface area contributed by atoms with Crippen LogP contribution in [0.25, 0.3) is 0 Å². The molecule has 2 aromatic rings. The number of carboxylic acids is 1. The molecule has 0 aliphatic carbocycles. The van der Waals surface area contributed by atoms with Crippen LogP contribution in [0.4, 0.5) is 0 Å². The van der Waals surface area contributed by atoms with Crippen LogP contribution < -0.4 is 10.1 Å². The van der Waals surface area contributed by atoms with Gasteiger partial charge in [-0.15, -0.1) is 0 Å². The Morgan fingerprint density at radius 1 is 1.10 bits per heavy atom. The lowest BCUT2D eigenvalue weighted by Gasteiger charge is -2.07. The van der Waals surface area contributed by atoms with E-state index in [-0.39, 0.29) is 0 Å². The van der Waals surface area contributed by atoms with Crippen LogP contribution in [0, 0.1) is 0 Å². The van der Waals surface area contributed by atoms with E-state index in [2.05, 4.69) is 5.32 Å². The first-order valence-corrected chi connectivity index (χ1v) is 6.35. The summed E-state index contributed by atoms with van der Waals surface area (Å²) >= 11 is 0. The largest absolute Gasteiger partial charge is 0.497 e. The first-order chi connectivity index (χ1) is 9.69. The van der Waals surface area contributed by atoms with E-state index >= 15 is 0 Å². The Balaban J connectivity index is 1.87. The molecule has 0 radical (unpaired) electrons. The molecule has 0 aliphatic heterocycles. The van der Waals surface area contributed by atoms with Crippen LogP contribution >= 0.6 is 0 Å². The number of benzene rings is 2. The number of methoxy groups -OCH3 is 1. The third-order valence-electron chi connectivity index (χ3n) is 2.99. The van der Waals surface area contributed by atoms with Gasteiger partial charge < -0.3 is 15.2 Å². The fourth-order valence-corrected chi connectivity index (χ4v) is 1.90. The topological polar surface area (TPSA) is 58.6 Å². The Kier molecular flexibility index (Phi) is 4.74. The minimum atomic E-state index is -0.902. The molecular weight excluding hydrogens is 254 g/mol. The summed E-state index contributed by atoms with van der Waals surface area (Å²) in [6.07, 6.45) is 0. The predicted octanol–water partition coefficient (Wildman–Crippen LogP) is 2.68. The van der Waals surface area contributed by atoms with Gasteiger partial charge in [0.2, 0.25) is 0 Å². The van der Waals surface area contributed by atoms with Crippen molar-refractivity contribution < 1.29 is 14.6 Å². The average molecular weight is 271 g/mol. The number of hydrogen-bond donors (Lipinski definition) is 2. The minimum absolute atomic E-state index is 0.307. The monoisotopic (exact) mass is 271 g/mol. The molecule has 0 heterocycles. The summed E-state index contributed by atoms with van der Waals surface area (Å²) in [5.41, 5.74) is 2.51. The summed E-state index contributed by atoms with van der Waals surface area (Å²) in [7, 11) is 1.65. The van der Waals surface area contributed by atoms with E-state index in [1.165, 1.54) is 0 Å². The van der Waals surface area contributed by atoms with E-state index in [1.807, 2.05) is 36.4 Å². The Labute approximate surface area is 118 Å². The lowest BCUT2D eigenvalue weighted by Crippen LogP contribution is -2.12. The standard InChI is InChI=1S/C16H17NO3/c1-20-15-4-2-3-13(9-15)11-17-10-12-5-7-14(8-6-12)16(18)19/h2-9,17H,10-11H2,1H3,(H,18,19). The number of carbonyl (C=O) groups is 1. The molecule has 2 N–H and O–H groups in total. The van der Waals surface area contributed by atoms with Crippen molar-refractivity contribution in [3.05, 3.63) is 65.2 Å². The number of ether oxygens (including phenoxy) is 1. The summed E-state index contributed by atoms with van der Waals surface area (Å²) in [6.45, 7) is 1.43. The molecule has 0 bridgehead atoms. The van der Waals surface area contributed by atoms with Crippen molar-refractivity contribution in [2.75, 3.05) is 7.11 Å². The van der Waals surface area contributed by atoms with Gasteiger partial charge in [-0.25, -0.2) is 4.79 Å². The van der Waals surface area contributed by atoms with Crippen molar-refractivity contribution in [3.63, 3.8) is 0 Å². The molecule has 104 valence electrons. The van der Waals surface area contributed by atoms with E-state index in [4.69, 9.17) is 9.84 Å². The Bertz CT molecular complexity index is 579. The molecule has 0 fully saturated rings. The molecule has 0 unspecified atom stereocenters. The van der Waals surface area contributed by atoms with Gasteiger partial charge >= 0.3 is 5.97 Å². The maximum atomic E-state index is 10.7. The summed E-state index contributed by atoms with van der Waals surface area (Å²) in [5, 5.41) is 12.1. The molecule has 2 rings (SSSR count). The molecular formula is C16H17NO3. The third kappa shape index (κ3) is 3.83. The Hall–Kier alpha value is -2.33. The second-order valence-electron chi connectivity index (χ2n) is 4.46. The van der Waals surface area contributed by atoms with E-state index in [0.717, 1.165) is 23.4 Å².